The summed E-state index contributed by atoms with van der Waals surface area (Å²) in [6, 6.07) is 5.84. The van der Waals surface area contributed by atoms with Crippen LogP contribution >= 0.6 is 34.4 Å². The quantitative estimate of drug-likeness (QED) is 0.204. The Labute approximate surface area is 252 Å². The second-order valence-electron chi connectivity index (χ2n) is 9.62. The van der Waals surface area contributed by atoms with Crippen molar-refractivity contribution >= 4 is 67.4 Å². The van der Waals surface area contributed by atoms with E-state index in [0.29, 0.717) is 47.6 Å². The molecule has 2 aromatic heterocycles. The van der Waals surface area contributed by atoms with Crippen LogP contribution in [0.15, 0.2) is 23.2 Å². The average molecular weight is 620 g/mol. The predicted molar refractivity (Wildman–Crippen MR) is 165 cm³/mol. The highest BCUT2D eigenvalue weighted by molar-refractivity contribution is 8.00. The number of amides is 2. The largest absolute Gasteiger partial charge is 0.494 e. The molecule has 0 bridgehead atoms. The van der Waals surface area contributed by atoms with Crippen LogP contribution in [0.1, 0.15) is 54.9 Å². The fourth-order valence-electron chi connectivity index (χ4n) is 4.70. The Hall–Kier alpha value is -2.67. The first-order valence-corrected chi connectivity index (χ1v) is 16.7. The number of nitrogens with zero attached hydrogens (tertiary/aromatic N) is 2. The summed E-state index contributed by atoms with van der Waals surface area (Å²) in [5, 5.41) is 3.44. The Kier molecular flexibility index (Phi) is 11.4. The summed E-state index contributed by atoms with van der Waals surface area (Å²) < 4.78 is 19.4. The van der Waals surface area contributed by atoms with Gasteiger partial charge in [0.25, 0.3) is 5.91 Å². The van der Waals surface area contributed by atoms with Crippen molar-refractivity contribution < 1.29 is 28.6 Å². The molecule has 1 aliphatic rings. The monoisotopic (exact) mass is 619 g/mol. The van der Waals surface area contributed by atoms with Gasteiger partial charge in [-0.3, -0.25) is 9.59 Å². The number of ether oxygens (including phenoxy) is 3. The second kappa shape index (κ2) is 15.0. The molecule has 222 valence electrons. The van der Waals surface area contributed by atoms with E-state index in [-0.39, 0.29) is 29.9 Å². The number of anilines is 1. The van der Waals surface area contributed by atoms with Crippen LogP contribution in [0, 0.1) is 5.92 Å². The van der Waals surface area contributed by atoms with Gasteiger partial charge in [-0.15, -0.1) is 23.1 Å². The third-order valence-corrected chi connectivity index (χ3v) is 9.68. The fraction of sp³-hybridized carbons (Fsp3) is 0.517. The molecule has 41 heavy (non-hydrogen) atoms. The van der Waals surface area contributed by atoms with Gasteiger partial charge in [0.05, 0.1) is 47.1 Å². The van der Waals surface area contributed by atoms with Crippen molar-refractivity contribution in [2.24, 2.45) is 10.9 Å². The van der Waals surface area contributed by atoms with Crippen molar-refractivity contribution in [2.75, 3.05) is 43.3 Å². The van der Waals surface area contributed by atoms with Crippen LogP contribution in [0.4, 0.5) is 5.00 Å². The Morgan fingerprint density at radius 1 is 1.12 bits per heavy atom. The van der Waals surface area contributed by atoms with Crippen molar-refractivity contribution in [3.05, 3.63) is 39.0 Å². The summed E-state index contributed by atoms with van der Waals surface area (Å²) in [7, 11) is 0. The van der Waals surface area contributed by atoms with Crippen LogP contribution in [0.25, 0.3) is 10.2 Å². The lowest BCUT2D eigenvalue weighted by Crippen LogP contribution is -2.21. The normalized spacial score (nSPS) is 15.1. The number of thiazole rings is 1. The molecule has 0 spiro atoms. The molecule has 0 radical (unpaired) electrons. The lowest BCUT2D eigenvalue weighted by Gasteiger charge is -2.18. The highest BCUT2D eigenvalue weighted by Crippen LogP contribution is 2.40. The van der Waals surface area contributed by atoms with Gasteiger partial charge in [-0.05, 0) is 69.7 Å². The molecule has 4 rings (SSSR count). The molecule has 1 N–H and O–H groups in total. The van der Waals surface area contributed by atoms with Crippen molar-refractivity contribution in [3.8, 4) is 5.75 Å². The molecule has 12 heteroatoms. The summed E-state index contributed by atoms with van der Waals surface area (Å²) >= 11 is 4.07. The smallest absolute Gasteiger partial charge is 0.341 e. The van der Waals surface area contributed by atoms with Gasteiger partial charge in [0, 0.05) is 18.0 Å². The minimum Gasteiger partial charge on any atom is -0.494 e. The highest BCUT2D eigenvalue weighted by atomic mass is 32.2. The predicted octanol–water partition coefficient (Wildman–Crippen LogP) is 5.30. The number of hydrogen-bond acceptors (Lipinski definition) is 9. The molecule has 1 aliphatic carbocycles. The van der Waals surface area contributed by atoms with E-state index in [2.05, 4.69) is 17.2 Å². The van der Waals surface area contributed by atoms with Gasteiger partial charge in [0.1, 0.15) is 10.8 Å². The Morgan fingerprint density at radius 2 is 1.95 bits per heavy atom. The fourth-order valence-corrected chi connectivity index (χ4v) is 7.82. The molecule has 9 nitrogen and oxygen atoms in total. The minimum atomic E-state index is -0.397. The SMILES string of the molecule is CCOCCn1c(=NC(=O)CSCC(=O)Nc2sc3c(c2C(=O)OCC)CCC(C)C3)sc2cc(OCC)ccc21. The maximum Gasteiger partial charge on any atom is 0.341 e. The third kappa shape index (κ3) is 8.00. The molecule has 0 saturated heterocycles. The highest BCUT2D eigenvalue weighted by Gasteiger charge is 2.29. The summed E-state index contributed by atoms with van der Waals surface area (Å²) in [4.78, 5) is 44.5. The number of benzene rings is 1. The van der Waals surface area contributed by atoms with E-state index in [1.807, 2.05) is 36.6 Å². The van der Waals surface area contributed by atoms with Crippen molar-refractivity contribution in [2.45, 2.75) is 53.5 Å². The van der Waals surface area contributed by atoms with E-state index >= 15 is 0 Å². The van der Waals surface area contributed by atoms with Crippen LogP contribution in [0.2, 0.25) is 0 Å². The van der Waals surface area contributed by atoms with Gasteiger partial charge >= 0.3 is 5.97 Å². The van der Waals surface area contributed by atoms with Crippen LogP contribution < -0.4 is 14.9 Å². The van der Waals surface area contributed by atoms with E-state index in [9.17, 15) is 14.4 Å². The maximum atomic E-state index is 12.8. The molecule has 2 amide bonds. The number of hydrogen-bond donors (Lipinski definition) is 1. The van der Waals surface area contributed by atoms with Crippen LogP contribution in [-0.2, 0) is 38.4 Å². The molecule has 2 heterocycles. The number of aromatic nitrogens is 1. The number of thioether (sulfide) groups is 1. The van der Waals surface area contributed by atoms with Gasteiger partial charge < -0.3 is 24.1 Å². The molecule has 0 aliphatic heterocycles. The van der Waals surface area contributed by atoms with E-state index in [1.54, 1.807) is 6.92 Å². The second-order valence-corrected chi connectivity index (χ2v) is 12.7. The molecule has 1 unspecified atom stereocenters. The lowest BCUT2D eigenvalue weighted by atomic mass is 9.88. The number of esters is 1. The Morgan fingerprint density at radius 3 is 2.71 bits per heavy atom. The molecule has 1 aromatic carbocycles. The molecule has 0 fully saturated rings. The first kappa shape index (κ1) is 31.3. The van der Waals surface area contributed by atoms with E-state index in [0.717, 1.165) is 45.7 Å². The van der Waals surface area contributed by atoms with Crippen molar-refractivity contribution in [3.63, 3.8) is 0 Å². The van der Waals surface area contributed by atoms with Crippen LogP contribution in [0.5, 0.6) is 5.75 Å². The van der Waals surface area contributed by atoms with E-state index in [4.69, 9.17) is 14.2 Å². The number of carbonyl (C=O) groups excluding carboxylic acids is 3. The maximum absolute atomic E-state index is 12.8. The zero-order valence-corrected chi connectivity index (χ0v) is 26.4. The van der Waals surface area contributed by atoms with Crippen molar-refractivity contribution in [1.82, 2.24) is 4.57 Å². The van der Waals surface area contributed by atoms with Gasteiger partial charge in [-0.2, -0.15) is 4.99 Å². The van der Waals surface area contributed by atoms with E-state index < -0.39 is 5.97 Å². The summed E-state index contributed by atoms with van der Waals surface area (Å²) in [6.07, 6.45) is 2.70. The topological polar surface area (TPSA) is 108 Å². The van der Waals surface area contributed by atoms with E-state index in [1.165, 1.54) is 34.4 Å². The number of nitrogens with one attached hydrogen (secondary N) is 1. The summed E-state index contributed by atoms with van der Waals surface area (Å²) in [6.45, 7) is 10.4. The minimum absolute atomic E-state index is 0.0561. The number of thiophene rings is 1. The van der Waals surface area contributed by atoms with Gasteiger partial charge in [-0.1, -0.05) is 18.3 Å². The van der Waals surface area contributed by atoms with Gasteiger partial charge in [-0.25, -0.2) is 4.79 Å². The van der Waals surface area contributed by atoms with Gasteiger partial charge in [0.15, 0.2) is 4.80 Å². The lowest BCUT2D eigenvalue weighted by molar-refractivity contribution is -0.115. The molecular formula is C29H37N3O6S3. The Bertz CT molecular complexity index is 1460. The Balaban J connectivity index is 1.42. The first-order chi connectivity index (χ1) is 19.8. The summed E-state index contributed by atoms with van der Waals surface area (Å²) in [5.74, 6) is 0.443. The molecule has 3 aromatic rings. The number of carbonyl (C=O) groups is 3. The number of rotatable bonds is 13. The zero-order valence-electron chi connectivity index (χ0n) is 23.9. The summed E-state index contributed by atoms with van der Waals surface area (Å²) in [5.41, 5.74) is 2.44. The van der Waals surface area contributed by atoms with Gasteiger partial charge in [0.2, 0.25) is 5.91 Å². The molecule has 0 saturated carbocycles. The molecule has 1 atom stereocenters. The average Bonchev–Trinajstić information content (AvgIpc) is 3.45. The van der Waals surface area contributed by atoms with Crippen molar-refractivity contribution in [1.29, 1.82) is 0 Å². The number of fused-ring (bicyclic) bond motifs is 2. The molecular weight excluding hydrogens is 583 g/mol. The van der Waals surface area contributed by atoms with Crippen LogP contribution in [0.3, 0.4) is 0 Å². The zero-order chi connectivity index (χ0) is 29.4. The third-order valence-electron chi connectivity index (χ3n) is 6.55. The standard InChI is InChI=1S/C29H37N3O6S3/c1-5-36-13-12-32-21-11-9-19(37-6-2)15-23(21)41-29(32)31-25(34)17-39-16-24(33)30-27-26(28(35)38-7-3)20-10-8-18(4)14-22(20)40-27/h9,11,15,18H,5-8,10,12-14,16-17H2,1-4H3,(H,30,33). The van der Waals surface area contributed by atoms with Crippen LogP contribution in [-0.4, -0.2) is 60.3 Å². The first-order valence-electron chi connectivity index (χ1n) is 13.9.